The zero-order valence-electron chi connectivity index (χ0n) is 9.31. The van der Waals surface area contributed by atoms with Gasteiger partial charge < -0.3 is 9.15 Å². The Hall–Kier alpha value is -1.95. The third-order valence-corrected chi connectivity index (χ3v) is 2.27. The van der Waals surface area contributed by atoms with Crippen molar-refractivity contribution in [1.29, 1.82) is 0 Å². The van der Waals surface area contributed by atoms with Gasteiger partial charge in [0, 0.05) is 5.02 Å². The number of carbonyl (C=O) groups is 1. The average Bonchev–Trinajstić information content (AvgIpc) is 2.78. The van der Waals surface area contributed by atoms with E-state index in [-0.39, 0.29) is 29.0 Å². The zero-order chi connectivity index (χ0) is 13.1. The molecule has 0 spiro atoms. The standard InChI is InChI=1S/C11H8ClFN2O3/c1-2-17-11(16)10-15-14-9(18-10)7-4-3-6(12)5-8(7)13/h3-5H,2H2,1H3. The topological polar surface area (TPSA) is 65.2 Å². The highest BCUT2D eigenvalue weighted by atomic mass is 35.5. The van der Waals surface area contributed by atoms with Gasteiger partial charge in [0.15, 0.2) is 0 Å². The van der Waals surface area contributed by atoms with E-state index >= 15 is 0 Å². The van der Waals surface area contributed by atoms with Gasteiger partial charge in [0.05, 0.1) is 12.2 Å². The summed E-state index contributed by atoms with van der Waals surface area (Å²) in [5, 5.41) is 7.31. The number of benzene rings is 1. The summed E-state index contributed by atoms with van der Waals surface area (Å²) in [7, 11) is 0. The molecule has 94 valence electrons. The first kappa shape index (κ1) is 12.5. The molecule has 18 heavy (non-hydrogen) atoms. The van der Waals surface area contributed by atoms with Crippen LogP contribution in [0, 0.1) is 5.82 Å². The molecule has 1 heterocycles. The first-order valence-corrected chi connectivity index (χ1v) is 5.45. The molecule has 0 aliphatic heterocycles. The maximum atomic E-state index is 13.6. The Kier molecular flexibility index (Phi) is 3.57. The van der Waals surface area contributed by atoms with E-state index in [1.165, 1.54) is 12.1 Å². The van der Waals surface area contributed by atoms with Gasteiger partial charge in [-0.15, -0.1) is 10.2 Å². The van der Waals surface area contributed by atoms with Crippen LogP contribution in [0.15, 0.2) is 22.6 Å². The number of aromatic nitrogens is 2. The van der Waals surface area contributed by atoms with E-state index in [0.29, 0.717) is 0 Å². The fourth-order valence-electron chi connectivity index (χ4n) is 1.27. The van der Waals surface area contributed by atoms with Crippen molar-refractivity contribution in [2.75, 3.05) is 6.61 Å². The Morgan fingerprint density at radius 1 is 1.50 bits per heavy atom. The fraction of sp³-hybridized carbons (Fsp3) is 0.182. The molecule has 2 rings (SSSR count). The van der Waals surface area contributed by atoms with Crippen LogP contribution >= 0.6 is 11.6 Å². The molecule has 1 aromatic heterocycles. The minimum absolute atomic E-state index is 0.0717. The molecule has 0 saturated carbocycles. The predicted octanol–water partition coefficient (Wildman–Crippen LogP) is 2.71. The van der Waals surface area contributed by atoms with E-state index in [0.717, 1.165) is 6.07 Å². The van der Waals surface area contributed by atoms with Crippen molar-refractivity contribution < 1.29 is 18.3 Å². The van der Waals surface area contributed by atoms with E-state index in [1.54, 1.807) is 6.92 Å². The van der Waals surface area contributed by atoms with Crippen LogP contribution < -0.4 is 0 Å². The first-order chi connectivity index (χ1) is 8.61. The molecule has 0 bridgehead atoms. The summed E-state index contributed by atoms with van der Waals surface area (Å²) in [6.07, 6.45) is 0. The van der Waals surface area contributed by atoms with Gasteiger partial charge in [-0.05, 0) is 25.1 Å². The third-order valence-electron chi connectivity index (χ3n) is 2.04. The number of hydrogen-bond acceptors (Lipinski definition) is 5. The van der Waals surface area contributed by atoms with Crippen LogP contribution in [0.2, 0.25) is 5.02 Å². The molecule has 0 unspecified atom stereocenters. The number of halogens is 2. The Labute approximate surface area is 107 Å². The Morgan fingerprint density at radius 3 is 2.94 bits per heavy atom. The molecule has 0 radical (unpaired) electrons. The lowest BCUT2D eigenvalue weighted by molar-refractivity contribution is 0.0481. The fourth-order valence-corrected chi connectivity index (χ4v) is 1.43. The number of carbonyl (C=O) groups excluding carboxylic acids is 1. The molecule has 2 aromatic rings. The average molecular weight is 271 g/mol. The van der Waals surface area contributed by atoms with E-state index in [4.69, 9.17) is 16.0 Å². The minimum atomic E-state index is -0.745. The molecule has 0 fully saturated rings. The predicted molar refractivity (Wildman–Crippen MR) is 60.7 cm³/mol. The summed E-state index contributed by atoms with van der Waals surface area (Å²) >= 11 is 5.62. The summed E-state index contributed by atoms with van der Waals surface area (Å²) in [5.74, 6) is -1.78. The number of hydrogen-bond donors (Lipinski definition) is 0. The molecule has 0 amide bonds. The second-order valence-electron chi connectivity index (χ2n) is 3.26. The summed E-state index contributed by atoms with van der Waals surface area (Å²) in [5.41, 5.74) is 0.0717. The molecular weight excluding hydrogens is 263 g/mol. The molecule has 0 aliphatic carbocycles. The van der Waals surface area contributed by atoms with Gasteiger partial charge in [0.2, 0.25) is 0 Å². The molecule has 0 saturated heterocycles. The monoisotopic (exact) mass is 270 g/mol. The largest absolute Gasteiger partial charge is 0.459 e. The van der Waals surface area contributed by atoms with Crippen molar-refractivity contribution in [3.63, 3.8) is 0 Å². The molecule has 1 aromatic carbocycles. The lowest BCUT2D eigenvalue weighted by Crippen LogP contribution is -2.04. The molecule has 0 atom stereocenters. The van der Waals surface area contributed by atoms with Crippen LogP contribution in [0.4, 0.5) is 4.39 Å². The van der Waals surface area contributed by atoms with Crippen molar-refractivity contribution in [3.05, 3.63) is 34.9 Å². The van der Waals surface area contributed by atoms with Crippen molar-refractivity contribution in [3.8, 4) is 11.5 Å². The van der Waals surface area contributed by atoms with Gasteiger partial charge in [-0.2, -0.15) is 0 Å². The highest BCUT2D eigenvalue weighted by molar-refractivity contribution is 6.30. The Bertz CT molecular complexity index is 585. The summed E-state index contributed by atoms with van der Waals surface area (Å²) in [6.45, 7) is 1.83. The lowest BCUT2D eigenvalue weighted by atomic mass is 10.2. The minimum Gasteiger partial charge on any atom is -0.459 e. The normalized spacial score (nSPS) is 10.4. The molecule has 5 nitrogen and oxygen atoms in total. The smallest absolute Gasteiger partial charge is 0.396 e. The van der Waals surface area contributed by atoms with Crippen LogP contribution in [0.1, 0.15) is 17.6 Å². The van der Waals surface area contributed by atoms with Crippen LogP contribution in [-0.4, -0.2) is 22.8 Å². The molecule has 0 aliphatic rings. The second-order valence-corrected chi connectivity index (χ2v) is 3.69. The number of nitrogens with zero attached hydrogens (tertiary/aromatic N) is 2. The van der Waals surface area contributed by atoms with Gasteiger partial charge in [0.1, 0.15) is 5.82 Å². The maximum Gasteiger partial charge on any atom is 0.396 e. The maximum absolute atomic E-state index is 13.6. The van der Waals surface area contributed by atoms with E-state index in [1.807, 2.05) is 0 Å². The van der Waals surface area contributed by atoms with Crippen molar-refractivity contribution >= 4 is 17.6 Å². The highest BCUT2D eigenvalue weighted by Crippen LogP contribution is 2.24. The van der Waals surface area contributed by atoms with Gasteiger partial charge in [-0.3, -0.25) is 0 Å². The van der Waals surface area contributed by atoms with Crippen molar-refractivity contribution in [2.24, 2.45) is 0 Å². The lowest BCUT2D eigenvalue weighted by Gasteiger charge is -1.98. The first-order valence-electron chi connectivity index (χ1n) is 5.08. The van der Waals surface area contributed by atoms with Crippen LogP contribution in [0.25, 0.3) is 11.5 Å². The van der Waals surface area contributed by atoms with Gasteiger partial charge >= 0.3 is 11.9 Å². The van der Waals surface area contributed by atoms with Crippen LogP contribution in [-0.2, 0) is 4.74 Å². The van der Waals surface area contributed by atoms with Gasteiger partial charge in [-0.1, -0.05) is 11.6 Å². The van der Waals surface area contributed by atoms with Crippen LogP contribution in [0.3, 0.4) is 0 Å². The highest BCUT2D eigenvalue weighted by Gasteiger charge is 2.18. The quantitative estimate of drug-likeness (QED) is 0.802. The number of rotatable bonds is 3. The van der Waals surface area contributed by atoms with Crippen molar-refractivity contribution in [2.45, 2.75) is 6.92 Å². The van der Waals surface area contributed by atoms with Gasteiger partial charge in [-0.25, -0.2) is 9.18 Å². The summed E-state index contributed by atoms with van der Waals surface area (Å²) in [6, 6.07) is 3.99. The number of esters is 1. The SMILES string of the molecule is CCOC(=O)c1nnc(-c2ccc(Cl)cc2F)o1. The van der Waals surface area contributed by atoms with E-state index in [9.17, 15) is 9.18 Å². The van der Waals surface area contributed by atoms with E-state index < -0.39 is 11.8 Å². The number of ether oxygens (including phenoxy) is 1. The third kappa shape index (κ3) is 2.48. The molecular formula is C11H8ClFN2O3. The molecule has 7 heteroatoms. The van der Waals surface area contributed by atoms with E-state index in [2.05, 4.69) is 14.9 Å². The Morgan fingerprint density at radius 2 is 2.28 bits per heavy atom. The zero-order valence-corrected chi connectivity index (χ0v) is 10.1. The molecule has 0 N–H and O–H groups in total. The van der Waals surface area contributed by atoms with Crippen molar-refractivity contribution in [1.82, 2.24) is 10.2 Å². The van der Waals surface area contributed by atoms with Gasteiger partial charge in [0.25, 0.3) is 5.89 Å². The summed E-state index contributed by atoms with van der Waals surface area (Å²) < 4.78 is 23.3. The summed E-state index contributed by atoms with van der Waals surface area (Å²) in [4.78, 5) is 11.3. The Balaban J connectivity index is 2.32. The second kappa shape index (κ2) is 5.14. The van der Waals surface area contributed by atoms with Crippen LogP contribution in [0.5, 0.6) is 0 Å².